The van der Waals surface area contributed by atoms with Gasteiger partial charge in [-0.1, -0.05) is 49.2 Å². The van der Waals surface area contributed by atoms with Gasteiger partial charge in [-0.05, 0) is 35.6 Å². The molecule has 0 aliphatic heterocycles. The summed E-state index contributed by atoms with van der Waals surface area (Å²) in [4.78, 5) is 4.41. The number of nitrogens with one attached hydrogen (secondary N) is 1. The van der Waals surface area contributed by atoms with Crippen molar-refractivity contribution in [2.24, 2.45) is 0 Å². The van der Waals surface area contributed by atoms with Gasteiger partial charge in [-0.3, -0.25) is 5.10 Å². The Kier molecular flexibility index (Phi) is 3.40. The van der Waals surface area contributed by atoms with Crippen LogP contribution in [0.3, 0.4) is 0 Å². The molecule has 0 amide bonds. The quantitative estimate of drug-likeness (QED) is 0.561. The van der Waals surface area contributed by atoms with Gasteiger partial charge in [0, 0.05) is 11.4 Å². The molecule has 0 radical (unpaired) electrons. The van der Waals surface area contributed by atoms with E-state index in [0.717, 1.165) is 10.9 Å². The summed E-state index contributed by atoms with van der Waals surface area (Å²) in [6.07, 6.45) is 11.1. The third-order valence-corrected chi connectivity index (χ3v) is 5.36. The highest BCUT2D eigenvalue weighted by atomic mass is 15.1. The monoisotopic (exact) mass is 328 g/mol. The van der Waals surface area contributed by atoms with E-state index < -0.39 is 0 Å². The Morgan fingerprint density at radius 1 is 0.920 bits per heavy atom. The predicted octanol–water partition coefficient (Wildman–Crippen LogP) is 5.21. The standard InChI is InChI=1S/C21H20N4/c1-2-5-17(4-1)25-14-22-13-21(25)16-10-8-15(9-11-16)18-6-3-7-20-19(18)12-23-24-20/h3,6-14,17H,1-2,4-5H2,(H,23,24). The first-order valence-corrected chi connectivity index (χ1v) is 8.95. The zero-order valence-corrected chi connectivity index (χ0v) is 14.0. The molecule has 5 rings (SSSR count). The van der Waals surface area contributed by atoms with Crippen LogP contribution < -0.4 is 0 Å². The molecule has 0 saturated heterocycles. The number of rotatable bonds is 3. The Labute approximate surface area is 146 Å². The number of fused-ring (bicyclic) bond motifs is 1. The van der Waals surface area contributed by atoms with Gasteiger partial charge in [-0.25, -0.2) is 4.98 Å². The molecule has 2 aromatic carbocycles. The first kappa shape index (κ1) is 14.5. The summed E-state index contributed by atoms with van der Waals surface area (Å²) in [5.74, 6) is 0. The number of hydrogen-bond acceptors (Lipinski definition) is 2. The molecule has 4 aromatic rings. The predicted molar refractivity (Wildman–Crippen MR) is 100 cm³/mol. The first-order chi connectivity index (χ1) is 12.4. The van der Waals surface area contributed by atoms with Gasteiger partial charge >= 0.3 is 0 Å². The Hall–Kier alpha value is -2.88. The van der Waals surface area contributed by atoms with Crippen LogP contribution in [-0.2, 0) is 0 Å². The lowest BCUT2D eigenvalue weighted by molar-refractivity contribution is 0.523. The van der Waals surface area contributed by atoms with Gasteiger partial charge < -0.3 is 4.57 Å². The molecule has 1 N–H and O–H groups in total. The second kappa shape index (κ2) is 5.88. The Bertz CT molecular complexity index is 1000. The lowest BCUT2D eigenvalue weighted by Crippen LogP contribution is -2.04. The van der Waals surface area contributed by atoms with Crippen LogP contribution in [0.15, 0.2) is 61.2 Å². The lowest BCUT2D eigenvalue weighted by atomic mass is 10.00. The minimum Gasteiger partial charge on any atom is -0.328 e. The van der Waals surface area contributed by atoms with Crippen molar-refractivity contribution < 1.29 is 0 Å². The summed E-state index contributed by atoms with van der Waals surface area (Å²) in [5, 5.41) is 8.36. The highest BCUT2D eigenvalue weighted by Gasteiger charge is 2.19. The molecule has 2 heterocycles. The van der Waals surface area contributed by atoms with Crippen LogP contribution in [0, 0.1) is 0 Å². The van der Waals surface area contributed by atoms with Gasteiger partial charge in [0.25, 0.3) is 0 Å². The number of aromatic nitrogens is 4. The second-order valence-corrected chi connectivity index (χ2v) is 6.84. The fourth-order valence-electron chi connectivity index (χ4n) is 4.04. The molecule has 4 nitrogen and oxygen atoms in total. The zero-order valence-electron chi connectivity index (χ0n) is 14.0. The largest absolute Gasteiger partial charge is 0.328 e. The average Bonchev–Trinajstić information content (AvgIpc) is 3.41. The van der Waals surface area contributed by atoms with Crippen LogP contribution in [0.25, 0.3) is 33.3 Å². The molecule has 1 saturated carbocycles. The van der Waals surface area contributed by atoms with E-state index in [2.05, 4.69) is 62.2 Å². The number of imidazole rings is 1. The normalized spacial score (nSPS) is 15.2. The van der Waals surface area contributed by atoms with Crippen molar-refractivity contribution >= 4 is 10.9 Å². The van der Waals surface area contributed by atoms with E-state index in [-0.39, 0.29) is 0 Å². The van der Waals surface area contributed by atoms with Crippen LogP contribution in [0.5, 0.6) is 0 Å². The number of benzene rings is 2. The number of H-pyrrole nitrogens is 1. The second-order valence-electron chi connectivity index (χ2n) is 6.84. The van der Waals surface area contributed by atoms with E-state index in [1.807, 2.05) is 18.7 Å². The molecular weight excluding hydrogens is 308 g/mol. The van der Waals surface area contributed by atoms with E-state index in [4.69, 9.17) is 0 Å². The van der Waals surface area contributed by atoms with Gasteiger partial charge in [0.05, 0.1) is 29.9 Å². The van der Waals surface area contributed by atoms with Crippen molar-refractivity contribution in [1.82, 2.24) is 19.7 Å². The van der Waals surface area contributed by atoms with E-state index in [1.165, 1.54) is 48.1 Å². The van der Waals surface area contributed by atoms with Crippen molar-refractivity contribution in [3.63, 3.8) is 0 Å². The van der Waals surface area contributed by atoms with Crippen molar-refractivity contribution in [3.8, 4) is 22.4 Å². The third-order valence-electron chi connectivity index (χ3n) is 5.36. The lowest BCUT2D eigenvalue weighted by Gasteiger charge is -2.15. The van der Waals surface area contributed by atoms with Crippen molar-refractivity contribution in [2.75, 3.05) is 0 Å². The van der Waals surface area contributed by atoms with Crippen molar-refractivity contribution in [1.29, 1.82) is 0 Å². The van der Waals surface area contributed by atoms with Gasteiger partial charge in [-0.2, -0.15) is 5.10 Å². The van der Waals surface area contributed by atoms with Gasteiger partial charge in [0.1, 0.15) is 0 Å². The number of hydrogen-bond donors (Lipinski definition) is 1. The molecule has 1 aliphatic carbocycles. The summed E-state index contributed by atoms with van der Waals surface area (Å²) in [6.45, 7) is 0. The molecule has 25 heavy (non-hydrogen) atoms. The third kappa shape index (κ3) is 2.45. The molecule has 0 unspecified atom stereocenters. The summed E-state index contributed by atoms with van der Waals surface area (Å²) >= 11 is 0. The maximum Gasteiger partial charge on any atom is 0.0953 e. The van der Waals surface area contributed by atoms with Crippen molar-refractivity contribution in [2.45, 2.75) is 31.7 Å². The Morgan fingerprint density at radius 3 is 2.56 bits per heavy atom. The van der Waals surface area contributed by atoms with Crippen LogP contribution in [-0.4, -0.2) is 19.7 Å². The molecule has 124 valence electrons. The van der Waals surface area contributed by atoms with E-state index in [9.17, 15) is 0 Å². The molecule has 0 spiro atoms. The highest BCUT2D eigenvalue weighted by Crippen LogP contribution is 2.34. The fraction of sp³-hybridized carbons (Fsp3) is 0.238. The zero-order chi connectivity index (χ0) is 16.6. The van der Waals surface area contributed by atoms with Crippen LogP contribution in [0.1, 0.15) is 31.7 Å². The van der Waals surface area contributed by atoms with Crippen LogP contribution >= 0.6 is 0 Å². The molecule has 1 aliphatic rings. The SMILES string of the molecule is c1cc(-c2ccc(-c3cncn3C3CCCC3)cc2)c2cn[nH]c2c1. The molecule has 0 atom stereocenters. The average molecular weight is 328 g/mol. The maximum absolute atomic E-state index is 4.41. The summed E-state index contributed by atoms with van der Waals surface area (Å²) in [7, 11) is 0. The maximum atomic E-state index is 4.41. The Balaban J connectivity index is 1.52. The first-order valence-electron chi connectivity index (χ1n) is 8.95. The van der Waals surface area contributed by atoms with Gasteiger partial charge in [0.2, 0.25) is 0 Å². The topological polar surface area (TPSA) is 46.5 Å². The molecular formula is C21H20N4. The molecule has 0 bridgehead atoms. The molecule has 4 heteroatoms. The summed E-state index contributed by atoms with van der Waals surface area (Å²) in [5.41, 5.74) is 5.94. The number of aromatic amines is 1. The number of nitrogens with zero attached hydrogens (tertiary/aromatic N) is 3. The van der Waals surface area contributed by atoms with Gasteiger partial charge in [-0.15, -0.1) is 0 Å². The highest BCUT2D eigenvalue weighted by molar-refractivity contribution is 5.94. The Morgan fingerprint density at radius 2 is 1.72 bits per heavy atom. The fourth-order valence-corrected chi connectivity index (χ4v) is 4.04. The van der Waals surface area contributed by atoms with E-state index in [0.29, 0.717) is 6.04 Å². The van der Waals surface area contributed by atoms with Gasteiger partial charge in [0.15, 0.2) is 0 Å². The van der Waals surface area contributed by atoms with E-state index in [1.54, 1.807) is 0 Å². The smallest absolute Gasteiger partial charge is 0.0953 e. The molecule has 1 fully saturated rings. The van der Waals surface area contributed by atoms with Crippen LogP contribution in [0.2, 0.25) is 0 Å². The minimum atomic E-state index is 0.608. The van der Waals surface area contributed by atoms with Crippen LogP contribution in [0.4, 0.5) is 0 Å². The molecule has 2 aromatic heterocycles. The van der Waals surface area contributed by atoms with E-state index >= 15 is 0 Å². The summed E-state index contributed by atoms with van der Waals surface area (Å²) < 4.78 is 2.36. The van der Waals surface area contributed by atoms with Crippen molar-refractivity contribution in [3.05, 3.63) is 61.2 Å². The minimum absolute atomic E-state index is 0.608. The summed E-state index contributed by atoms with van der Waals surface area (Å²) in [6, 6.07) is 15.7.